The van der Waals surface area contributed by atoms with Crippen LogP contribution in [0.2, 0.25) is 0 Å². The summed E-state index contributed by atoms with van der Waals surface area (Å²) < 4.78 is 10.7. The first kappa shape index (κ1) is 11.4. The highest BCUT2D eigenvalue weighted by Crippen LogP contribution is 2.08. The summed E-state index contributed by atoms with van der Waals surface area (Å²) in [4.78, 5) is 11.6. The Morgan fingerprint density at radius 3 is 3.00 bits per heavy atom. The quantitative estimate of drug-likeness (QED) is 0.813. The van der Waals surface area contributed by atoms with Gasteiger partial charge in [0.2, 0.25) is 0 Å². The molecule has 1 fully saturated rings. The fourth-order valence-electron chi connectivity index (χ4n) is 1.83. The van der Waals surface area contributed by atoms with Crippen LogP contribution >= 0.6 is 0 Å². The van der Waals surface area contributed by atoms with E-state index in [2.05, 4.69) is 5.32 Å². The van der Waals surface area contributed by atoms with E-state index < -0.39 is 0 Å². The first-order valence-corrected chi connectivity index (χ1v) is 5.71. The first-order valence-electron chi connectivity index (χ1n) is 5.71. The summed E-state index contributed by atoms with van der Waals surface area (Å²) in [5, 5.41) is 3.26. The Hall–Kier alpha value is -1.13. The Labute approximate surface area is 95.0 Å². The summed E-state index contributed by atoms with van der Waals surface area (Å²) in [6, 6.07) is 3.60. The number of ketones is 1. The molecule has 4 heteroatoms. The van der Waals surface area contributed by atoms with Crippen molar-refractivity contribution in [1.29, 1.82) is 0 Å². The van der Waals surface area contributed by atoms with E-state index in [4.69, 9.17) is 9.15 Å². The number of Topliss-reactive ketones (excluding diaryl/α,β-unsaturated/α-hetero) is 1. The van der Waals surface area contributed by atoms with Crippen LogP contribution < -0.4 is 5.32 Å². The maximum Gasteiger partial charge on any atom is 0.165 e. The number of nitrogens with one attached hydrogen (secondary N) is 1. The Morgan fingerprint density at radius 2 is 2.31 bits per heavy atom. The van der Waals surface area contributed by atoms with E-state index in [0.29, 0.717) is 12.2 Å². The normalized spacial score (nSPS) is 17.5. The molecular formula is C12H17NO3. The second-order valence-electron chi connectivity index (χ2n) is 4.06. The molecule has 1 saturated heterocycles. The molecule has 0 spiro atoms. The molecule has 88 valence electrons. The molecule has 0 atom stereocenters. The van der Waals surface area contributed by atoms with Gasteiger partial charge in [0.25, 0.3) is 0 Å². The van der Waals surface area contributed by atoms with E-state index in [1.807, 2.05) is 6.07 Å². The van der Waals surface area contributed by atoms with E-state index in [-0.39, 0.29) is 18.5 Å². The fourth-order valence-corrected chi connectivity index (χ4v) is 1.83. The smallest absolute Gasteiger partial charge is 0.165 e. The van der Waals surface area contributed by atoms with Crippen LogP contribution in [0.3, 0.4) is 0 Å². The number of hydrogen-bond acceptors (Lipinski definition) is 4. The highest BCUT2D eigenvalue weighted by molar-refractivity contribution is 5.81. The molecule has 0 bridgehead atoms. The van der Waals surface area contributed by atoms with E-state index in [1.165, 1.54) is 0 Å². The zero-order valence-electron chi connectivity index (χ0n) is 9.28. The van der Waals surface area contributed by atoms with E-state index in [0.717, 1.165) is 25.9 Å². The van der Waals surface area contributed by atoms with Crippen LogP contribution in [-0.2, 0) is 16.0 Å². The average molecular weight is 223 g/mol. The van der Waals surface area contributed by atoms with Crippen molar-refractivity contribution in [3.8, 4) is 0 Å². The van der Waals surface area contributed by atoms with Crippen molar-refractivity contribution in [2.75, 3.05) is 19.7 Å². The maximum absolute atomic E-state index is 11.6. The lowest BCUT2D eigenvalue weighted by molar-refractivity contribution is -0.125. The number of ether oxygens (including phenoxy) is 1. The summed E-state index contributed by atoms with van der Waals surface area (Å²) in [6.45, 7) is 2.17. The molecule has 0 unspecified atom stereocenters. The van der Waals surface area contributed by atoms with Gasteiger partial charge >= 0.3 is 0 Å². The van der Waals surface area contributed by atoms with Crippen molar-refractivity contribution in [2.24, 2.45) is 0 Å². The molecule has 1 N–H and O–H groups in total. The van der Waals surface area contributed by atoms with Gasteiger partial charge in [-0.3, -0.25) is 4.79 Å². The van der Waals surface area contributed by atoms with Gasteiger partial charge in [-0.1, -0.05) is 0 Å². The van der Waals surface area contributed by atoms with Crippen LogP contribution in [0.25, 0.3) is 0 Å². The lowest BCUT2D eigenvalue weighted by Gasteiger charge is -2.22. The standard InChI is InChI=1S/C12H17NO3/c14-10(8-12-2-1-7-15-12)9-16-11-3-5-13-6-4-11/h1-2,7,11,13H,3-6,8-9H2. The molecule has 0 aliphatic carbocycles. The minimum atomic E-state index is 0.0773. The summed E-state index contributed by atoms with van der Waals surface area (Å²) in [6.07, 6.45) is 4.14. The zero-order chi connectivity index (χ0) is 11.2. The number of rotatable bonds is 5. The van der Waals surface area contributed by atoms with Crippen molar-refractivity contribution < 1.29 is 13.9 Å². The van der Waals surface area contributed by atoms with Crippen LogP contribution in [0.5, 0.6) is 0 Å². The Morgan fingerprint density at radius 1 is 1.50 bits per heavy atom. The molecule has 2 rings (SSSR count). The molecule has 1 aliphatic rings. The van der Waals surface area contributed by atoms with E-state index >= 15 is 0 Å². The largest absolute Gasteiger partial charge is 0.469 e. The number of piperidine rings is 1. The van der Waals surface area contributed by atoms with Crippen LogP contribution in [0.15, 0.2) is 22.8 Å². The second-order valence-corrected chi connectivity index (χ2v) is 4.06. The highest BCUT2D eigenvalue weighted by Gasteiger charge is 2.15. The molecule has 1 aromatic rings. The van der Waals surface area contributed by atoms with Crippen LogP contribution in [0.4, 0.5) is 0 Å². The van der Waals surface area contributed by atoms with Crippen molar-refractivity contribution in [2.45, 2.75) is 25.4 Å². The van der Waals surface area contributed by atoms with Crippen LogP contribution in [-0.4, -0.2) is 31.6 Å². The lowest BCUT2D eigenvalue weighted by atomic mass is 10.1. The Bertz CT molecular complexity index is 315. The maximum atomic E-state index is 11.6. The predicted molar refractivity (Wildman–Crippen MR) is 59.3 cm³/mol. The lowest BCUT2D eigenvalue weighted by Crippen LogP contribution is -2.33. The minimum absolute atomic E-state index is 0.0773. The Kier molecular flexibility index (Phi) is 4.13. The summed E-state index contributed by atoms with van der Waals surface area (Å²) in [5.74, 6) is 0.785. The van der Waals surface area contributed by atoms with Crippen molar-refractivity contribution in [3.63, 3.8) is 0 Å². The van der Waals surface area contributed by atoms with Gasteiger partial charge in [0, 0.05) is 0 Å². The van der Waals surface area contributed by atoms with Gasteiger partial charge in [0.05, 0.1) is 18.8 Å². The van der Waals surface area contributed by atoms with Gasteiger partial charge < -0.3 is 14.5 Å². The molecule has 16 heavy (non-hydrogen) atoms. The van der Waals surface area contributed by atoms with Gasteiger partial charge in [-0.15, -0.1) is 0 Å². The molecular weight excluding hydrogens is 206 g/mol. The van der Waals surface area contributed by atoms with Crippen molar-refractivity contribution >= 4 is 5.78 Å². The Balaban J connectivity index is 1.67. The number of hydrogen-bond donors (Lipinski definition) is 1. The van der Waals surface area contributed by atoms with Crippen molar-refractivity contribution in [3.05, 3.63) is 24.2 Å². The van der Waals surface area contributed by atoms with Crippen LogP contribution in [0, 0.1) is 0 Å². The molecule has 1 aromatic heterocycles. The molecule has 1 aliphatic heterocycles. The van der Waals surface area contributed by atoms with Gasteiger partial charge in [0.15, 0.2) is 5.78 Å². The third kappa shape index (κ3) is 3.47. The van der Waals surface area contributed by atoms with Gasteiger partial charge in [-0.2, -0.15) is 0 Å². The fraction of sp³-hybridized carbons (Fsp3) is 0.583. The third-order valence-corrected chi connectivity index (χ3v) is 2.72. The molecule has 4 nitrogen and oxygen atoms in total. The number of furan rings is 1. The molecule has 0 radical (unpaired) electrons. The van der Waals surface area contributed by atoms with Gasteiger partial charge in [-0.25, -0.2) is 0 Å². The predicted octanol–water partition coefficient (Wildman–Crippen LogP) is 1.16. The minimum Gasteiger partial charge on any atom is -0.469 e. The topological polar surface area (TPSA) is 51.5 Å². The van der Waals surface area contributed by atoms with E-state index in [9.17, 15) is 4.79 Å². The van der Waals surface area contributed by atoms with Crippen LogP contribution in [0.1, 0.15) is 18.6 Å². The summed E-state index contributed by atoms with van der Waals surface area (Å²) in [5.41, 5.74) is 0. The SMILES string of the molecule is O=C(COC1CCNCC1)Cc1ccco1. The van der Waals surface area contributed by atoms with Gasteiger partial charge in [0.1, 0.15) is 12.4 Å². The highest BCUT2D eigenvalue weighted by atomic mass is 16.5. The summed E-state index contributed by atoms with van der Waals surface area (Å²) >= 11 is 0. The number of carbonyl (C=O) groups excluding carboxylic acids is 1. The molecule has 0 aromatic carbocycles. The molecule has 2 heterocycles. The zero-order valence-corrected chi connectivity index (χ0v) is 9.28. The van der Waals surface area contributed by atoms with Gasteiger partial charge in [-0.05, 0) is 38.1 Å². The second kappa shape index (κ2) is 5.82. The third-order valence-electron chi connectivity index (χ3n) is 2.72. The average Bonchev–Trinajstić information content (AvgIpc) is 2.81. The van der Waals surface area contributed by atoms with E-state index in [1.54, 1.807) is 12.3 Å². The summed E-state index contributed by atoms with van der Waals surface area (Å²) in [7, 11) is 0. The molecule has 0 amide bonds. The first-order chi connectivity index (χ1) is 7.84. The molecule has 0 saturated carbocycles. The number of carbonyl (C=O) groups is 1. The monoisotopic (exact) mass is 223 g/mol. The van der Waals surface area contributed by atoms with Crippen molar-refractivity contribution in [1.82, 2.24) is 5.32 Å².